The van der Waals surface area contributed by atoms with Crippen LogP contribution in [0.5, 0.6) is 0 Å². The fraction of sp³-hybridized carbons (Fsp3) is 0.0500. The Kier molecular flexibility index (Phi) is 6.73. The molecule has 0 bridgehead atoms. The van der Waals surface area contributed by atoms with E-state index >= 15 is 0 Å². The summed E-state index contributed by atoms with van der Waals surface area (Å²) >= 11 is 0.965. The predicted molar refractivity (Wildman–Crippen MR) is 110 cm³/mol. The summed E-state index contributed by atoms with van der Waals surface area (Å²) in [7, 11) is -3.93. The van der Waals surface area contributed by atoms with E-state index in [2.05, 4.69) is 11.3 Å². The van der Waals surface area contributed by atoms with Gasteiger partial charge < -0.3 is 5.11 Å². The number of nitriles is 2. The van der Waals surface area contributed by atoms with Crippen LogP contribution in [0.4, 0.5) is 5.69 Å². The number of carbonyl (C=O) groups is 1. The van der Waals surface area contributed by atoms with Gasteiger partial charge in [0.05, 0.1) is 22.2 Å². The van der Waals surface area contributed by atoms with E-state index in [0.717, 1.165) is 11.3 Å². The van der Waals surface area contributed by atoms with Crippen molar-refractivity contribution in [1.82, 2.24) is 0 Å². The zero-order valence-electron chi connectivity index (χ0n) is 15.2. The third-order valence-electron chi connectivity index (χ3n) is 3.85. The van der Waals surface area contributed by atoms with Gasteiger partial charge in [0.15, 0.2) is 0 Å². The maximum atomic E-state index is 12.7. The van der Waals surface area contributed by atoms with Crippen LogP contribution in [-0.2, 0) is 10.0 Å². The Morgan fingerprint density at radius 3 is 2.31 bits per heavy atom. The highest BCUT2D eigenvalue weighted by Crippen LogP contribution is 2.36. The van der Waals surface area contributed by atoms with E-state index in [1.165, 1.54) is 12.1 Å². The van der Waals surface area contributed by atoms with Gasteiger partial charge in [-0.3, -0.25) is 4.72 Å². The summed E-state index contributed by atoms with van der Waals surface area (Å²) < 4.78 is 27.8. The molecule has 29 heavy (non-hydrogen) atoms. The van der Waals surface area contributed by atoms with Crippen LogP contribution in [-0.4, -0.2) is 19.5 Å². The van der Waals surface area contributed by atoms with Gasteiger partial charge in [-0.1, -0.05) is 30.3 Å². The minimum atomic E-state index is -3.93. The molecule has 0 unspecified atom stereocenters. The molecule has 1 heterocycles. The van der Waals surface area contributed by atoms with Crippen molar-refractivity contribution in [2.24, 2.45) is 0 Å². The van der Waals surface area contributed by atoms with E-state index in [0.29, 0.717) is 21.6 Å². The summed E-state index contributed by atoms with van der Waals surface area (Å²) in [6.07, 6.45) is 0. The lowest BCUT2D eigenvalue weighted by Gasteiger charge is -2.09. The van der Waals surface area contributed by atoms with Gasteiger partial charge in [0.25, 0.3) is 10.0 Å². The smallest absolute Gasteiger partial charge is 0.348 e. The topological polar surface area (TPSA) is 131 Å². The molecule has 3 aromatic rings. The van der Waals surface area contributed by atoms with Gasteiger partial charge in [0.1, 0.15) is 4.88 Å². The number of nitrogens with zero attached hydrogens (tertiary/aromatic N) is 2. The molecule has 9 heteroatoms. The summed E-state index contributed by atoms with van der Waals surface area (Å²) in [4.78, 5) is 12.2. The van der Waals surface area contributed by atoms with E-state index in [-0.39, 0.29) is 15.5 Å². The number of nitrogens with one attached hydrogen (secondary N) is 1. The molecule has 0 aliphatic rings. The Hall–Kier alpha value is -3.66. The average Bonchev–Trinajstić information content (AvgIpc) is 3.13. The number of carboxylic acids is 1. The second kappa shape index (κ2) is 9.02. The van der Waals surface area contributed by atoms with Crippen molar-refractivity contribution in [1.29, 1.82) is 10.5 Å². The van der Waals surface area contributed by atoms with Crippen LogP contribution < -0.4 is 4.72 Å². The molecule has 7 nitrogen and oxygen atoms in total. The van der Waals surface area contributed by atoms with Gasteiger partial charge in [-0.2, -0.15) is 5.26 Å². The molecule has 0 atom stereocenters. The van der Waals surface area contributed by atoms with Crippen molar-refractivity contribution in [3.8, 4) is 23.1 Å². The van der Waals surface area contributed by atoms with Crippen molar-refractivity contribution in [3.63, 3.8) is 0 Å². The highest BCUT2D eigenvalue weighted by atomic mass is 32.2. The van der Waals surface area contributed by atoms with E-state index in [4.69, 9.17) is 10.5 Å². The molecule has 2 N–H and O–H groups in total. The Bertz CT molecular complexity index is 1200. The van der Waals surface area contributed by atoms with Crippen LogP contribution in [0.15, 0.2) is 59.5 Å². The van der Waals surface area contributed by atoms with Crippen LogP contribution in [0.2, 0.25) is 0 Å². The molecule has 0 aliphatic heterocycles. The van der Waals surface area contributed by atoms with Crippen molar-refractivity contribution < 1.29 is 18.3 Å². The Morgan fingerprint density at radius 1 is 1.14 bits per heavy atom. The van der Waals surface area contributed by atoms with Gasteiger partial charge in [-0.15, -0.1) is 11.3 Å². The summed E-state index contributed by atoms with van der Waals surface area (Å²) in [5, 5.41) is 24.8. The number of rotatable bonds is 5. The molecule has 0 amide bonds. The average molecular weight is 425 g/mol. The van der Waals surface area contributed by atoms with Gasteiger partial charge in [-0.25, -0.2) is 18.5 Å². The number of thiophene rings is 1. The van der Waals surface area contributed by atoms with Crippen LogP contribution in [0.25, 0.3) is 10.4 Å². The van der Waals surface area contributed by atoms with Gasteiger partial charge in [-0.05, 0) is 42.3 Å². The molecule has 1 aromatic heterocycles. The van der Waals surface area contributed by atoms with Crippen LogP contribution in [0.3, 0.4) is 0 Å². The molecule has 0 saturated carbocycles. The second-order valence-electron chi connectivity index (χ2n) is 5.72. The molecule has 0 spiro atoms. The Balaban J connectivity index is 0.00000145. The molecule has 0 aliphatic carbocycles. The number of hydrogen-bond donors (Lipinski definition) is 2. The van der Waals surface area contributed by atoms with Gasteiger partial charge in [0.2, 0.25) is 0 Å². The largest absolute Gasteiger partial charge is 0.477 e. The Labute approximate surface area is 172 Å². The van der Waals surface area contributed by atoms with E-state index in [9.17, 15) is 18.3 Å². The molecule has 0 fully saturated rings. The summed E-state index contributed by atoms with van der Waals surface area (Å²) in [6.45, 7) is 5.17. The zero-order valence-corrected chi connectivity index (χ0v) is 16.8. The van der Waals surface area contributed by atoms with Gasteiger partial charge >= 0.3 is 5.97 Å². The summed E-state index contributed by atoms with van der Waals surface area (Å²) in [5.41, 5.74) is 1.75. The highest BCUT2D eigenvalue weighted by molar-refractivity contribution is 7.92. The number of sulfonamides is 1. The first-order valence-corrected chi connectivity index (χ1v) is 10.3. The fourth-order valence-electron chi connectivity index (χ4n) is 2.53. The van der Waals surface area contributed by atoms with Crippen molar-refractivity contribution >= 4 is 33.0 Å². The number of aryl methyl sites for hydroxylation is 1. The molecular weight excluding hydrogens is 410 g/mol. The van der Waals surface area contributed by atoms with Gasteiger partial charge in [0, 0.05) is 11.4 Å². The van der Waals surface area contributed by atoms with Crippen molar-refractivity contribution in [2.45, 2.75) is 11.8 Å². The summed E-state index contributed by atoms with van der Waals surface area (Å²) in [5.74, 6) is -1.22. The molecular formula is C20H15N3O4S2. The quantitative estimate of drug-likeness (QED) is 0.629. The number of carboxylic acid groups (broad SMARTS) is 1. The second-order valence-corrected chi connectivity index (χ2v) is 8.42. The van der Waals surface area contributed by atoms with E-state index in [1.807, 2.05) is 6.07 Å². The maximum Gasteiger partial charge on any atom is 0.348 e. The van der Waals surface area contributed by atoms with E-state index < -0.39 is 16.0 Å². The fourth-order valence-corrected chi connectivity index (χ4v) is 4.87. The minimum Gasteiger partial charge on any atom is -0.477 e. The Morgan fingerprint density at radius 2 is 1.76 bits per heavy atom. The molecule has 0 radical (unpaired) electrons. The first-order chi connectivity index (χ1) is 13.8. The molecule has 0 saturated heterocycles. The predicted octanol–water partition coefficient (Wildman–Crippen LogP) is 4.23. The normalized spacial score (nSPS) is 10.3. The summed E-state index contributed by atoms with van der Waals surface area (Å²) in [6, 6.07) is 16.6. The maximum absolute atomic E-state index is 12.7. The van der Waals surface area contributed by atoms with Crippen LogP contribution in [0.1, 0.15) is 20.8 Å². The lowest BCUT2D eigenvalue weighted by atomic mass is 10.1. The number of benzene rings is 2. The third-order valence-corrected chi connectivity index (χ3v) is 6.55. The zero-order chi connectivity index (χ0) is 21.6. The standard InChI is InChI=1S/C19H14N2O4S2.CHN/c1-12-4-2-3-5-17(12)27(24,25)21-15-10-16(26-18(15)19(22)23)14-8-6-13(11-20)7-9-14;1-2/h2-10,21H,1H3,(H,22,23);1H. The lowest BCUT2D eigenvalue weighted by molar-refractivity contribution is 0.0703. The number of hydrogen-bond acceptors (Lipinski definition) is 6. The highest BCUT2D eigenvalue weighted by Gasteiger charge is 2.23. The molecule has 146 valence electrons. The first kappa shape index (κ1) is 21.6. The lowest BCUT2D eigenvalue weighted by Crippen LogP contribution is -2.15. The first-order valence-electron chi connectivity index (χ1n) is 8.04. The van der Waals surface area contributed by atoms with Crippen LogP contribution in [0, 0.1) is 30.1 Å². The van der Waals surface area contributed by atoms with E-state index in [1.54, 1.807) is 49.4 Å². The third kappa shape index (κ3) is 4.79. The number of aromatic carboxylic acids is 1. The molecule has 2 aromatic carbocycles. The number of anilines is 1. The molecule has 3 rings (SSSR count). The van der Waals surface area contributed by atoms with Crippen molar-refractivity contribution in [3.05, 3.63) is 70.6 Å². The van der Waals surface area contributed by atoms with Crippen molar-refractivity contribution in [2.75, 3.05) is 4.72 Å². The van der Waals surface area contributed by atoms with Crippen LogP contribution >= 0.6 is 11.3 Å². The minimum absolute atomic E-state index is 0.00936. The SMILES string of the molecule is C#N.Cc1ccccc1S(=O)(=O)Nc1cc(-c2ccc(C#N)cc2)sc1C(=O)O. The monoisotopic (exact) mass is 425 g/mol.